The van der Waals surface area contributed by atoms with Gasteiger partial charge < -0.3 is 4.74 Å². The number of halogens is 2. The van der Waals surface area contributed by atoms with Crippen molar-refractivity contribution in [3.63, 3.8) is 0 Å². The number of hydrogen-bond donors (Lipinski definition) is 0. The molecule has 0 bridgehead atoms. The van der Waals surface area contributed by atoms with Gasteiger partial charge in [0.2, 0.25) is 0 Å². The third-order valence-corrected chi connectivity index (χ3v) is 3.44. The van der Waals surface area contributed by atoms with Gasteiger partial charge in [-0.2, -0.15) is 0 Å². The number of rotatable bonds is 6. The Morgan fingerprint density at radius 1 is 1.35 bits per heavy atom. The van der Waals surface area contributed by atoms with Gasteiger partial charge in [-0.3, -0.25) is 0 Å². The first-order valence-corrected chi connectivity index (χ1v) is 7.00. The highest BCUT2D eigenvalue weighted by Crippen LogP contribution is 2.25. The Balaban J connectivity index is 2.82. The van der Waals surface area contributed by atoms with Crippen molar-refractivity contribution in [3.05, 3.63) is 21.1 Å². The lowest BCUT2D eigenvalue weighted by atomic mass is 10.1. The molecule has 0 saturated heterocycles. The van der Waals surface area contributed by atoms with Gasteiger partial charge in [0, 0.05) is 6.61 Å². The Bertz CT molecular complexity index is 372. The summed E-state index contributed by atoms with van der Waals surface area (Å²) in [4.78, 5) is 8.67. The van der Waals surface area contributed by atoms with E-state index in [1.807, 2.05) is 0 Å². The minimum absolute atomic E-state index is 0.423. The van der Waals surface area contributed by atoms with Crippen LogP contribution in [-0.4, -0.2) is 16.6 Å². The van der Waals surface area contributed by atoms with Crippen LogP contribution in [0.15, 0.2) is 4.47 Å². The molecule has 3 nitrogen and oxygen atoms in total. The third kappa shape index (κ3) is 4.90. The first-order chi connectivity index (χ1) is 8.04. The maximum absolute atomic E-state index is 6.06. The van der Waals surface area contributed by atoms with E-state index in [1.54, 1.807) is 0 Å². The fourth-order valence-electron chi connectivity index (χ4n) is 1.41. The topological polar surface area (TPSA) is 35.0 Å². The van der Waals surface area contributed by atoms with Gasteiger partial charge in [0.1, 0.15) is 11.8 Å². The molecule has 1 aromatic heterocycles. The summed E-state index contributed by atoms with van der Waals surface area (Å²) in [6, 6.07) is 0. The van der Waals surface area contributed by atoms with Gasteiger partial charge in [-0.05, 0) is 34.7 Å². The van der Waals surface area contributed by atoms with Crippen LogP contribution in [0.1, 0.15) is 38.7 Å². The second-order valence-electron chi connectivity index (χ2n) is 4.34. The van der Waals surface area contributed by atoms with E-state index < -0.39 is 0 Å². The zero-order chi connectivity index (χ0) is 12.8. The summed E-state index contributed by atoms with van der Waals surface area (Å²) in [6.45, 7) is 7.51. The normalized spacial score (nSPS) is 11.2. The molecule has 0 saturated carbocycles. The molecule has 96 valence electrons. The summed E-state index contributed by atoms with van der Waals surface area (Å²) in [7, 11) is 0. The SMILES string of the molecule is CCCOCc1nc(Cl)c(Br)c(CC(C)C)n1. The van der Waals surface area contributed by atoms with Gasteiger partial charge in [-0.15, -0.1) is 0 Å². The van der Waals surface area contributed by atoms with Crippen LogP contribution in [-0.2, 0) is 17.8 Å². The maximum Gasteiger partial charge on any atom is 0.156 e. The van der Waals surface area contributed by atoms with Gasteiger partial charge in [-0.25, -0.2) is 9.97 Å². The lowest BCUT2D eigenvalue weighted by molar-refractivity contribution is 0.116. The average Bonchev–Trinajstić information content (AvgIpc) is 2.25. The Hall–Kier alpha value is -0.190. The van der Waals surface area contributed by atoms with Crippen molar-refractivity contribution in [2.75, 3.05) is 6.61 Å². The molecule has 0 aliphatic heterocycles. The smallest absolute Gasteiger partial charge is 0.156 e. The average molecular weight is 322 g/mol. The first kappa shape index (κ1) is 14.9. The van der Waals surface area contributed by atoms with E-state index in [1.165, 1.54) is 0 Å². The lowest BCUT2D eigenvalue weighted by Gasteiger charge is -2.10. The summed E-state index contributed by atoms with van der Waals surface area (Å²) in [5.74, 6) is 1.18. The highest BCUT2D eigenvalue weighted by atomic mass is 79.9. The summed E-state index contributed by atoms with van der Waals surface area (Å²) < 4.78 is 6.22. The zero-order valence-electron chi connectivity index (χ0n) is 10.5. The van der Waals surface area contributed by atoms with Crippen LogP contribution in [0, 0.1) is 5.92 Å². The quantitative estimate of drug-likeness (QED) is 0.586. The van der Waals surface area contributed by atoms with Crippen LogP contribution in [0.3, 0.4) is 0 Å². The van der Waals surface area contributed by atoms with Gasteiger partial charge in [-0.1, -0.05) is 32.4 Å². The number of nitrogens with zero attached hydrogens (tertiary/aromatic N) is 2. The largest absolute Gasteiger partial charge is 0.373 e. The van der Waals surface area contributed by atoms with E-state index in [0.29, 0.717) is 23.5 Å². The second-order valence-corrected chi connectivity index (χ2v) is 5.49. The second kappa shape index (κ2) is 7.29. The van der Waals surface area contributed by atoms with Crippen molar-refractivity contribution >= 4 is 27.5 Å². The molecular weight excluding hydrogens is 304 g/mol. The van der Waals surface area contributed by atoms with Crippen LogP contribution in [0.5, 0.6) is 0 Å². The van der Waals surface area contributed by atoms with Crippen molar-refractivity contribution < 1.29 is 4.74 Å². The first-order valence-electron chi connectivity index (χ1n) is 5.83. The fourth-order valence-corrected chi connectivity index (χ4v) is 1.95. The zero-order valence-corrected chi connectivity index (χ0v) is 12.8. The molecule has 0 amide bonds. The molecule has 0 atom stereocenters. The molecule has 5 heteroatoms. The Morgan fingerprint density at radius 3 is 2.65 bits per heavy atom. The molecule has 0 aromatic carbocycles. The lowest BCUT2D eigenvalue weighted by Crippen LogP contribution is -2.06. The molecule has 0 radical (unpaired) electrons. The van der Waals surface area contributed by atoms with E-state index in [9.17, 15) is 0 Å². The highest BCUT2D eigenvalue weighted by Gasteiger charge is 2.12. The molecule has 17 heavy (non-hydrogen) atoms. The van der Waals surface area contributed by atoms with Crippen LogP contribution in [0.25, 0.3) is 0 Å². The molecule has 0 aliphatic carbocycles. The van der Waals surface area contributed by atoms with E-state index in [0.717, 1.165) is 29.6 Å². The van der Waals surface area contributed by atoms with Crippen LogP contribution in [0.4, 0.5) is 0 Å². The summed E-state index contributed by atoms with van der Waals surface area (Å²) >= 11 is 9.49. The van der Waals surface area contributed by atoms with Crippen LogP contribution in [0.2, 0.25) is 5.15 Å². The van der Waals surface area contributed by atoms with E-state index >= 15 is 0 Å². The van der Waals surface area contributed by atoms with Crippen molar-refractivity contribution in [3.8, 4) is 0 Å². The van der Waals surface area contributed by atoms with Crippen molar-refractivity contribution in [1.29, 1.82) is 0 Å². The standard InChI is InChI=1S/C12H18BrClN2O/c1-4-5-17-7-10-15-9(6-8(2)3)11(13)12(14)16-10/h8H,4-7H2,1-3H3. The molecular formula is C12H18BrClN2O. The monoisotopic (exact) mass is 320 g/mol. The predicted molar refractivity (Wildman–Crippen MR) is 73.2 cm³/mol. The summed E-state index contributed by atoms with van der Waals surface area (Å²) in [5, 5.41) is 0.464. The van der Waals surface area contributed by atoms with Crippen molar-refractivity contribution in [2.45, 2.75) is 40.2 Å². The molecule has 0 aliphatic rings. The molecule has 0 N–H and O–H groups in total. The van der Waals surface area contributed by atoms with E-state index in [-0.39, 0.29) is 0 Å². The van der Waals surface area contributed by atoms with Crippen molar-refractivity contribution in [1.82, 2.24) is 9.97 Å². The Kier molecular flexibility index (Phi) is 6.38. The Morgan fingerprint density at radius 2 is 2.06 bits per heavy atom. The summed E-state index contributed by atoms with van der Waals surface area (Å²) in [5.41, 5.74) is 0.954. The molecule has 1 rings (SSSR count). The van der Waals surface area contributed by atoms with Crippen molar-refractivity contribution in [2.24, 2.45) is 5.92 Å². The van der Waals surface area contributed by atoms with Gasteiger partial charge >= 0.3 is 0 Å². The Labute approximate surface area is 116 Å². The van der Waals surface area contributed by atoms with Crippen LogP contribution < -0.4 is 0 Å². The van der Waals surface area contributed by atoms with E-state index in [4.69, 9.17) is 16.3 Å². The molecule has 0 unspecified atom stereocenters. The molecule has 0 spiro atoms. The molecule has 1 heterocycles. The van der Waals surface area contributed by atoms with Gasteiger partial charge in [0.05, 0.1) is 10.2 Å². The maximum atomic E-state index is 6.06. The minimum Gasteiger partial charge on any atom is -0.373 e. The van der Waals surface area contributed by atoms with E-state index in [2.05, 4.69) is 46.7 Å². The highest BCUT2D eigenvalue weighted by molar-refractivity contribution is 9.10. The minimum atomic E-state index is 0.423. The number of aromatic nitrogens is 2. The number of ether oxygens (including phenoxy) is 1. The van der Waals surface area contributed by atoms with Gasteiger partial charge in [0.15, 0.2) is 5.82 Å². The predicted octanol–water partition coefficient (Wildman–Crippen LogP) is 4.02. The number of hydrogen-bond acceptors (Lipinski definition) is 3. The molecule has 1 aromatic rings. The van der Waals surface area contributed by atoms with Gasteiger partial charge in [0.25, 0.3) is 0 Å². The third-order valence-electron chi connectivity index (χ3n) is 2.11. The fraction of sp³-hybridized carbons (Fsp3) is 0.667. The van der Waals surface area contributed by atoms with Crippen LogP contribution >= 0.6 is 27.5 Å². The molecule has 0 fully saturated rings. The summed E-state index contributed by atoms with van der Waals surface area (Å²) in [6.07, 6.45) is 1.87.